The first-order chi connectivity index (χ1) is 15.3. The zero-order valence-corrected chi connectivity index (χ0v) is 17.2. The molecule has 0 saturated heterocycles. The Labute approximate surface area is 180 Å². The first kappa shape index (κ1) is 20.2. The fourth-order valence-corrected chi connectivity index (χ4v) is 3.37. The molecule has 0 spiro atoms. The standard InChI is InChI=1S/C25H23N3O3/c1-30-23-13-7-8-14-24(23)31-16-15-28-18-20(21-11-5-6-12-22(21)28)17-26-27-25(29)19-9-3-2-4-10-19/h2-14,17-18H,15-16H2,1H3,(H,27,29)/b26-17-. The maximum absolute atomic E-state index is 12.2. The molecule has 0 unspecified atom stereocenters. The maximum Gasteiger partial charge on any atom is 0.271 e. The Bertz CT molecular complexity index is 1200. The van der Waals surface area contributed by atoms with Gasteiger partial charge in [-0.05, 0) is 30.3 Å². The van der Waals surface area contributed by atoms with Crippen molar-refractivity contribution in [1.29, 1.82) is 0 Å². The molecule has 0 atom stereocenters. The average Bonchev–Trinajstić information content (AvgIpc) is 3.17. The minimum atomic E-state index is -0.245. The van der Waals surface area contributed by atoms with Crippen molar-refractivity contribution in [3.63, 3.8) is 0 Å². The molecular formula is C25H23N3O3. The van der Waals surface area contributed by atoms with Gasteiger partial charge in [-0.1, -0.05) is 48.5 Å². The predicted octanol–water partition coefficient (Wildman–Crippen LogP) is 4.49. The summed E-state index contributed by atoms with van der Waals surface area (Å²) in [5.74, 6) is 1.18. The first-order valence-corrected chi connectivity index (χ1v) is 9.98. The number of methoxy groups -OCH3 is 1. The summed E-state index contributed by atoms with van der Waals surface area (Å²) < 4.78 is 13.4. The Morgan fingerprint density at radius 2 is 1.68 bits per heavy atom. The fraction of sp³-hybridized carbons (Fsp3) is 0.120. The van der Waals surface area contributed by atoms with Crippen LogP contribution in [0, 0.1) is 0 Å². The number of para-hydroxylation sites is 3. The van der Waals surface area contributed by atoms with Crippen LogP contribution in [0.25, 0.3) is 10.9 Å². The molecule has 3 aromatic carbocycles. The van der Waals surface area contributed by atoms with Gasteiger partial charge in [0.05, 0.1) is 19.9 Å². The van der Waals surface area contributed by atoms with E-state index in [-0.39, 0.29) is 5.91 Å². The van der Waals surface area contributed by atoms with Crippen molar-refractivity contribution in [1.82, 2.24) is 9.99 Å². The summed E-state index contributed by atoms with van der Waals surface area (Å²) in [6.07, 6.45) is 3.68. The van der Waals surface area contributed by atoms with Crippen molar-refractivity contribution in [2.45, 2.75) is 6.54 Å². The summed E-state index contributed by atoms with van der Waals surface area (Å²) in [4.78, 5) is 12.2. The zero-order chi connectivity index (χ0) is 21.5. The molecule has 0 fully saturated rings. The van der Waals surface area contributed by atoms with Crippen LogP contribution < -0.4 is 14.9 Å². The minimum absolute atomic E-state index is 0.245. The highest BCUT2D eigenvalue weighted by Crippen LogP contribution is 2.26. The van der Waals surface area contributed by atoms with Gasteiger partial charge in [0.1, 0.15) is 6.61 Å². The van der Waals surface area contributed by atoms with E-state index in [1.54, 1.807) is 25.5 Å². The molecule has 1 N–H and O–H groups in total. The predicted molar refractivity (Wildman–Crippen MR) is 122 cm³/mol. The van der Waals surface area contributed by atoms with Crippen LogP contribution in [-0.4, -0.2) is 30.4 Å². The van der Waals surface area contributed by atoms with Crippen LogP contribution in [0.4, 0.5) is 0 Å². The van der Waals surface area contributed by atoms with E-state index in [4.69, 9.17) is 9.47 Å². The van der Waals surface area contributed by atoms with E-state index >= 15 is 0 Å². The molecule has 6 heteroatoms. The molecule has 0 radical (unpaired) electrons. The molecule has 4 aromatic rings. The molecule has 0 saturated carbocycles. The van der Waals surface area contributed by atoms with Crippen LogP contribution in [0.3, 0.4) is 0 Å². The van der Waals surface area contributed by atoms with Gasteiger partial charge >= 0.3 is 0 Å². The number of hydrogen-bond acceptors (Lipinski definition) is 4. The third kappa shape index (κ3) is 4.75. The van der Waals surface area contributed by atoms with Crippen LogP contribution in [0.1, 0.15) is 15.9 Å². The smallest absolute Gasteiger partial charge is 0.271 e. The van der Waals surface area contributed by atoms with Crippen LogP contribution in [0.15, 0.2) is 90.2 Å². The van der Waals surface area contributed by atoms with E-state index in [1.165, 1.54) is 0 Å². The van der Waals surface area contributed by atoms with Crippen LogP contribution in [-0.2, 0) is 6.54 Å². The third-order valence-corrected chi connectivity index (χ3v) is 4.88. The van der Waals surface area contributed by atoms with Gasteiger partial charge in [0.2, 0.25) is 0 Å². The number of benzene rings is 3. The first-order valence-electron chi connectivity index (χ1n) is 9.98. The van der Waals surface area contributed by atoms with Gasteiger partial charge in [-0.2, -0.15) is 5.10 Å². The summed E-state index contributed by atoms with van der Waals surface area (Å²) in [6.45, 7) is 1.14. The Morgan fingerprint density at radius 3 is 2.48 bits per heavy atom. The molecule has 6 nitrogen and oxygen atoms in total. The highest BCUT2D eigenvalue weighted by Gasteiger charge is 2.08. The number of nitrogens with zero attached hydrogens (tertiary/aromatic N) is 2. The van der Waals surface area contributed by atoms with Gasteiger partial charge in [0, 0.05) is 28.2 Å². The number of fused-ring (bicyclic) bond motifs is 1. The summed E-state index contributed by atoms with van der Waals surface area (Å²) in [5.41, 5.74) is 5.14. The number of carbonyl (C=O) groups is 1. The number of aromatic nitrogens is 1. The van der Waals surface area contributed by atoms with Crippen molar-refractivity contribution < 1.29 is 14.3 Å². The van der Waals surface area contributed by atoms with Gasteiger partial charge < -0.3 is 14.0 Å². The van der Waals surface area contributed by atoms with Crippen molar-refractivity contribution in [2.24, 2.45) is 5.10 Å². The van der Waals surface area contributed by atoms with Crippen LogP contribution >= 0.6 is 0 Å². The van der Waals surface area contributed by atoms with Crippen molar-refractivity contribution in [3.05, 3.63) is 96.2 Å². The Kier molecular flexibility index (Phi) is 6.28. The van der Waals surface area contributed by atoms with E-state index in [0.29, 0.717) is 30.2 Å². The fourth-order valence-electron chi connectivity index (χ4n) is 3.37. The Hall–Kier alpha value is -4.06. The third-order valence-electron chi connectivity index (χ3n) is 4.88. The lowest BCUT2D eigenvalue weighted by molar-refractivity contribution is 0.0955. The lowest BCUT2D eigenvalue weighted by atomic mass is 10.2. The van der Waals surface area contributed by atoms with Crippen LogP contribution in [0.5, 0.6) is 11.5 Å². The zero-order valence-electron chi connectivity index (χ0n) is 17.2. The number of ether oxygens (including phenoxy) is 2. The molecule has 1 heterocycles. The second-order valence-corrected chi connectivity index (χ2v) is 6.86. The molecule has 0 bridgehead atoms. The molecule has 1 aromatic heterocycles. The monoisotopic (exact) mass is 413 g/mol. The van der Waals surface area contributed by atoms with Crippen molar-refractivity contribution in [2.75, 3.05) is 13.7 Å². The number of hydrogen-bond donors (Lipinski definition) is 1. The maximum atomic E-state index is 12.2. The Balaban J connectivity index is 1.46. The minimum Gasteiger partial charge on any atom is -0.493 e. The molecule has 4 rings (SSSR count). The number of amides is 1. The molecule has 1 amide bonds. The highest BCUT2D eigenvalue weighted by atomic mass is 16.5. The van der Waals surface area contributed by atoms with Gasteiger partial charge in [0.15, 0.2) is 11.5 Å². The Morgan fingerprint density at radius 1 is 0.968 bits per heavy atom. The summed E-state index contributed by atoms with van der Waals surface area (Å²) >= 11 is 0. The average molecular weight is 413 g/mol. The lowest BCUT2D eigenvalue weighted by Gasteiger charge is -2.11. The van der Waals surface area contributed by atoms with Gasteiger partial charge in [-0.25, -0.2) is 5.43 Å². The quantitative estimate of drug-likeness (QED) is 0.342. The summed E-state index contributed by atoms with van der Waals surface area (Å²) in [5, 5.41) is 5.20. The lowest BCUT2D eigenvalue weighted by Crippen LogP contribution is -2.17. The van der Waals surface area contributed by atoms with Gasteiger partial charge in [-0.3, -0.25) is 4.79 Å². The molecule has 31 heavy (non-hydrogen) atoms. The number of rotatable bonds is 8. The van der Waals surface area contributed by atoms with E-state index in [2.05, 4.69) is 21.2 Å². The number of hydrazone groups is 1. The molecule has 0 aliphatic carbocycles. The van der Waals surface area contributed by atoms with Crippen molar-refractivity contribution >= 4 is 23.0 Å². The van der Waals surface area contributed by atoms with Gasteiger partial charge in [0.25, 0.3) is 5.91 Å². The topological polar surface area (TPSA) is 64.8 Å². The molecular weight excluding hydrogens is 390 g/mol. The number of nitrogens with one attached hydrogen (secondary N) is 1. The van der Waals surface area contributed by atoms with E-state index in [9.17, 15) is 4.79 Å². The van der Waals surface area contributed by atoms with Gasteiger partial charge in [-0.15, -0.1) is 0 Å². The molecule has 0 aliphatic rings. The summed E-state index contributed by atoms with van der Waals surface area (Å²) in [7, 11) is 1.63. The highest BCUT2D eigenvalue weighted by molar-refractivity contribution is 6.00. The van der Waals surface area contributed by atoms with E-state index in [1.807, 2.05) is 66.9 Å². The summed E-state index contributed by atoms with van der Waals surface area (Å²) in [6, 6.07) is 24.7. The van der Waals surface area contributed by atoms with Crippen LogP contribution in [0.2, 0.25) is 0 Å². The largest absolute Gasteiger partial charge is 0.493 e. The van der Waals surface area contributed by atoms with E-state index < -0.39 is 0 Å². The van der Waals surface area contributed by atoms with Crippen molar-refractivity contribution in [3.8, 4) is 11.5 Å². The van der Waals surface area contributed by atoms with E-state index in [0.717, 1.165) is 16.5 Å². The second-order valence-electron chi connectivity index (χ2n) is 6.86. The number of carbonyl (C=O) groups excluding carboxylic acids is 1. The SMILES string of the molecule is COc1ccccc1OCCn1cc(/C=N\NC(=O)c2ccccc2)c2ccccc21. The second kappa shape index (κ2) is 9.63. The molecule has 0 aliphatic heterocycles. The molecule has 156 valence electrons. The normalized spacial score (nSPS) is 11.0.